The molecule has 0 unspecified atom stereocenters. The van der Waals surface area contributed by atoms with Crippen LogP contribution in [0.15, 0.2) is 30.3 Å². The molecule has 1 saturated heterocycles. The van der Waals surface area contributed by atoms with E-state index in [4.69, 9.17) is 0 Å². The van der Waals surface area contributed by atoms with Crippen molar-refractivity contribution in [2.75, 3.05) is 13.1 Å². The molecule has 1 aromatic rings. The normalized spacial score (nSPS) is 27.9. The molecule has 0 saturated carbocycles. The van der Waals surface area contributed by atoms with Crippen LogP contribution in [0, 0.1) is 11.8 Å². The topological polar surface area (TPSA) is 3.24 Å². The van der Waals surface area contributed by atoms with Crippen LogP contribution in [0.5, 0.6) is 0 Å². The van der Waals surface area contributed by atoms with Crippen molar-refractivity contribution in [1.82, 2.24) is 4.90 Å². The predicted octanol–water partition coefficient (Wildman–Crippen LogP) is 3.16. The van der Waals surface area contributed by atoms with Crippen molar-refractivity contribution in [2.24, 2.45) is 11.8 Å². The molecule has 1 heteroatoms. The van der Waals surface area contributed by atoms with Gasteiger partial charge >= 0.3 is 0 Å². The Hall–Kier alpha value is -0.820. The van der Waals surface area contributed by atoms with E-state index in [9.17, 15) is 0 Å². The zero-order chi connectivity index (χ0) is 10.7. The van der Waals surface area contributed by atoms with Crippen molar-refractivity contribution >= 4 is 0 Å². The van der Waals surface area contributed by atoms with E-state index in [2.05, 4.69) is 49.1 Å². The molecule has 2 atom stereocenters. The van der Waals surface area contributed by atoms with Crippen LogP contribution in [0.2, 0.25) is 0 Å². The Balaban J connectivity index is 1.94. The largest absolute Gasteiger partial charge is 0.299 e. The maximum atomic E-state index is 2.59. The summed E-state index contributed by atoms with van der Waals surface area (Å²) in [4.78, 5) is 2.59. The van der Waals surface area contributed by atoms with E-state index >= 15 is 0 Å². The van der Waals surface area contributed by atoms with Crippen LogP contribution in [-0.4, -0.2) is 18.0 Å². The lowest BCUT2D eigenvalue weighted by atomic mass is 9.91. The molecule has 2 rings (SSSR count). The third-order valence-corrected chi connectivity index (χ3v) is 3.19. The Morgan fingerprint density at radius 2 is 1.67 bits per heavy atom. The van der Waals surface area contributed by atoms with Crippen molar-refractivity contribution < 1.29 is 0 Å². The molecule has 1 nitrogen and oxygen atoms in total. The second-order valence-electron chi connectivity index (χ2n) is 5.13. The fourth-order valence-electron chi connectivity index (χ4n) is 2.76. The van der Waals surface area contributed by atoms with Crippen molar-refractivity contribution in [1.29, 1.82) is 0 Å². The molecule has 0 aromatic heterocycles. The summed E-state index contributed by atoms with van der Waals surface area (Å²) in [5.74, 6) is 1.72. The summed E-state index contributed by atoms with van der Waals surface area (Å²) in [6.07, 6.45) is 1.39. The van der Waals surface area contributed by atoms with Gasteiger partial charge in [-0.05, 0) is 23.8 Å². The van der Waals surface area contributed by atoms with Crippen LogP contribution in [-0.2, 0) is 6.54 Å². The van der Waals surface area contributed by atoms with Crippen molar-refractivity contribution in [3.8, 4) is 0 Å². The van der Waals surface area contributed by atoms with Crippen molar-refractivity contribution in [3.63, 3.8) is 0 Å². The van der Waals surface area contributed by atoms with Gasteiger partial charge in [0.2, 0.25) is 0 Å². The summed E-state index contributed by atoms with van der Waals surface area (Å²) in [6.45, 7) is 8.38. The zero-order valence-corrected chi connectivity index (χ0v) is 9.82. The van der Waals surface area contributed by atoms with Crippen LogP contribution in [0.1, 0.15) is 25.8 Å². The lowest BCUT2D eigenvalue weighted by molar-refractivity contribution is 0.134. The first kappa shape index (κ1) is 10.7. The lowest BCUT2D eigenvalue weighted by Crippen LogP contribution is -2.38. The number of nitrogens with zero attached hydrogens (tertiary/aromatic N) is 1. The number of likely N-dealkylation sites (tertiary alicyclic amines) is 1. The van der Waals surface area contributed by atoms with Crippen molar-refractivity contribution in [2.45, 2.75) is 26.8 Å². The van der Waals surface area contributed by atoms with Gasteiger partial charge in [-0.3, -0.25) is 4.90 Å². The van der Waals surface area contributed by atoms with E-state index in [1.54, 1.807) is 0 Å². The first-order chi connectivity index (χ1) is 7.24. The molecule has 1 aromatic carbocycles. The van der Waals surface area contributed by atoms with E-state index in [1.165, 1.54) is 25.1 Å². The molecule has 82 valence electrons. The van der Waals surface area contributed by atoms with Gasteiger partial charge < -0.3 is 0 Å². The molecule has 1 aliphatic heterocycles. The number of piperidine rings is 1. The van der Waals surface area contributed by atoms with Crippen LogP contribution >= 0.6 is 0 Å². The summed E-state index contributed by atoms with van der Waals surface area (Å²) in [7, 11) is 0. The molecular weight excluding hydrogens is 182 g/mol. The van der Waals surface area contributed by atoms with Gasteiger partial charge in [0.15, 0.2) is 0 Å². The van der Waals surface area contributed by atoms with E-state index in [0.717, 1.165) is 18.4 Å². The number of rotatable bonds is 2. The van der Waals surface area contributed by atoms with Crippen molar-refractivity contribution in [3.05, 3.63) is 35.9 Å². The molecule has 0 bridgehead atoms. The minimum atomic E-state index is 0.859. The van der Waals surface area contributed by atoms with Gasteiger partial charge in [-0.25, -0.2) is 0 Å². The van der Waals surface area contributed by atoms with E-state index in [1.807, 2.05) is 0 Å². The highest BCUT2D eigenvalue weighted by Crippen LogP contribution is 2.22. The predicted molar refractivity (Wildman–Crippen MR) is 64.7 cm³/mol. The fourth-order valence-corrected chi connectivity index (χ4v) is 2.76. The molecule has 0 spiro atoms. The SMILES string of the molecule is C[C@@H]1C[C@H](C)CN(Cc2ccccc2)C1. The number of benzene rings is 1. The maximum Gasteiger partial charge on any atom is 0.0233 e. The number of hydrogen-bond acceptors (Lipinski definition) is 1. The van der Waals surface area contributed by atoms with Gasteiger partial charge in [-0.2, -0.15) is 0 Å². The summed E-state index contributed by atoms with van der Waals surface area (Å²) in [5.41, 5.74) is 1.44. The highest BCUT2D eigenvalue weighted by molar-refractivity contribution is 5.14. The smallest absolute Gasteiger partial charge is 0.0233 e. The summed E-state index contributed by atoms with van der Waals surface area (Å²) >= 11 is 0. The zero-order valence-electron chi connectivity index (χ0n) is 9.82. The first-order valence-corrected chi connectivity index (χ1v) is 6.00. The molecule has 1 fully saturated rings. The molecular formula is C14H21N. The minimum Gasteiger partial charge on any atom is -0.299 e. The van der Waals surface area contributed by atoms with Gasteiger partial charge in [0.1, 0.15) is 0 Å². The third-order valence-electron chi connectivity index (χ3n) is 3.19. The monoisotopic (exact) mass is 203 g/mol. The molecule has 0 N–H and O–H groups in total. The van der Waals surface area contributed by atoms with Gasteiger partial charge in [-0.1, -0.05) is 44.2 Å². The standard InChI is InChI=1S/C14H21N/c1-12-8-13(2)10-15(9-12)11-14-6-4-3-5-7-14/h3-7,12-13H,8-11H2,1-2H3/t12-,13+. The Morgan fingerprint density at radius 1 is 1.07 bits per heavy atom. The summed E-state index contributed by atoms with van der Waals surface area (Å²) in [6, 6.07) is 10.8. The second-order valence-corrected chi connectivity index (χ2v) is 5.13. The van der Waals surface area contributed by atoms with Crippen LogP contribution in [0.25, 0.3) is 0 Å². The molecule has 0 amide bonds. The summed E-state index contributed by atoms with van der Waals surface area (Å²) < 4.78 is 0. The second kappa shape index (κ2) is 4.80. The first-order valence-electron chi connectivity index (χ1n) is 6.00. The Morgan fingerprint density at radius 3 is 2.27 bits per heavy atom. The molecule has 1 heterocycles. The van der Waals surface area contributed by atoms with Gasteiger partial charge in [-0.15, -0.1) is 0 Å². The minimum absolute atomic E-state index is 0.859. The van der Waals surface area contributed by atoms with Crippen LogP contribution in [0.4, 0.5) is 0 Å². The lowest BCUT2D eigenvalue weighted by Gasteiger charge is -2.34. The number of hydrogen-bond donors (Lipinski definition) is 0. The fraction of sp³-hybridized carbons (Fsp3) is 0.571. The van der Waals surface area contributed by atoms with Crippen LogP contribution in [0.3, 0.4) is 0 Å². The van der Waals surface area contributed by atoms with Gasteiger partial charge in [0.25, 0.3) is 0 Å². The average Bonchev–Trinajstić information content (AvgIpc) is 2.17. The van der Waals surface area contributed by atoms with Crippen LogP contribution < -0.4 is 0 Å². The molecule has 15 heavy (non-hydrogen) atoms. The van der Waals surface area contributed by atoms with E-state index in [0.29, 0.717) is 0 Å². The Bertz CT molecular complexity index is 283. The highest BCUT2D eigenvalue weighted by atomic mass is 15.1. The highest BCUT2D eigenvalue weighted by Gasteiger charge is 2.21. The van der Waals surface area contributed by atoms with E-state index < -0.39 is 0 Å². The molecule has 0 radical (unpaired) electrons. The van der Waals surface area contributed by atoms with Gasteiger partial charge in [0, 0.05) is 19.6 Å². The Labute approximate surface area is 93.1 Å². The van der Waals surface area contributed by atoms with E-state index in [-0.39, 0.29) is 0 Å². The maximum absolute atomic E-state index is 2.59. The van der Waals surface area contributed by atoms with Gasteiger partial charge in [0.05, 0.1) is 0 Å². The molecule has 0 aliphatic carbocycles. The summed E-state index contributed by atoms with van der Waals surface area (Å²) in [5, 5.41) is 0. The molecule has 1 aliphatic rings. The Kier molecular flexibility index (Phi) is 3.42. The quantitative estimate of drug-likeness (QED) is 0.713. The third kappa shape index (κ3) is 3.07. The average molecular weight is 203 g/mol.